The van der Waals surface area contributed by atoms with Crippen molar-refractivity contribution >= 4 is 5.65 Å². The van der Waals surface area contributed by atoms with E-state index < -0.39 is 0 Å². The van der Waals surface area contributed by atoms with Crippen LogP contribution in [0, 0.1) is 20.8 Å². The van der Waals surface area contributed by atoms with Gasteiger partial charge in [-0.05, 0) is 39.0 Å². The fourth-order valence-corrected chi connectivity index (χ4v) is 2.16. The number of pyridine rings is 1. The van der Waals surface area contributed by atoms with E-state index >= 15 is 0 Å². The maximum absolute atomic E-state index is 5.55. The number of imidazole rings is 1. The Kier molecular flexibility index (Phi) is 2.08. The Morgan fingerprint density at radius 2 is 2.00 bits per heavy atom. The van der Waals surface area contributed by atoms with Crippen molar-refractivity contribution in [3.05, 3.63) is 47.7 Å². The van der Waals surface area contributed by atoms with E-state index in [-0.39, 0.29) is 0 Å². The molecule has 0 amide bonds. The summed E-state index contributed by atoms with van der Waals surface area (Å²) in [5.41, 5.74) is 4.19. The highest BCUT2D eigenvalue weighted by molar-refractivity contribution is 5.65. The van der Waals surface area contributed by atoms with Gasteiger partial charge in [0.2, 0.25) is 0 Å². The Bertz CT molecular complexity index is 691. The standard InChI is InChI=1S/C14H14N2O/c1-9-5-4-6-14-15-13(8-16(9)14)12-7-10(2)17-11(12)3/h4-8H,1-3H3. The van der Waals surface area contributed by atoms with Crippen LogP contribution in [0.3, 0.4) is 0 Å². The van der Waals surface area contributed by atoms with E-state index in [2.05, 4.69) is 28.6 Å². The van der Waals surface area contributed by atoms with Gasteiger partial charge in [0.05, 0.1) is 5.69 Å². The maximum Gasteiger partial charge on any atom is 0.137 e. The highest BCUT2D eigenvalue weighted by Crippen LogP contribution is 2.26. The number of aryl methyl sites for hydroxylation is 3. The lowest BCUT2D eigenvalue weighted by atomic mass is 10.2. The number of hydrogen-bond donors (Lipinski definition) is 0. The lowest BCUT2D eigenvalue weighted by Gasteiger charge is -1.95. The zero-order valence-electron chi connectivity index (χ0n) is 10.2. The number of fused-ring (bicyclic) bond motifs is 1. The van der Waals surface area contributed by atoms with E-state index in [4.69, 9.17) is 4.42 Å². The average molecular weight is 226 g/mol. The molecule has 0 aliphatic rings. The van der Waals surface area contributed by atoms with E-state index in [9.17, 15) is 0 Å². The van der Waals surface area contributed by atoms with Gasteiger partial charge in [0.25, 0.3) is 0 Å². The van der Waals surface area contributed by atoms with Gasteiger partial charge in [-0.25, -0.2) is 4.98 Å². The predicted octanol–water partition coefficient (Wildman–Crippen LogP) is 3.52. The Morgan fingerprint density at radius 3 is 2.65 bits per heavy atom. The Hall–Kier alpha value is -2.03. The van der Waals surface area contributed by atoms with Crippen molar-refractivity contribution in [2.75, 3.05) is 0 Å². The van der Waals surface area contributed by atoms with E-state index in [1.807, 2.05) is 32.0 Å². The van der Waals surface area contributed by atoms with E-state index in [0.29, 0.717) is 0 Å². The Morgan fingerprint density at radius 1 is 1.18 bits per heavy atom. The third kappa shape index (κ3) is 1.55. The van der Waals surface area contributed by atoms with Gasteiger partial charge in [-0.1, -0.05) is 6.07 Å². The van der Waals surface area contributed by atoms with E-state index in [1.165, 1.54) is 5.69 Å². The molecule has 0 N–H and O–H groups in total. The number of furan rings is 1. The zero-order chi connectivity index (χ0) is 12.0. The fraction of sp³-hybridized carbons (Fsp3) is 0.214. The van der Waals surface area contributed by atoms with Crippen molar-refractivity contribution in [3.8, 4) is 11.3 Å². The van der Waals surface area contributed by atoms with Crippen molar-refractivity contribution in [2.45, 2.75) is 20.8 Å². The second-order valence-corrected chi connectivity index (χ2v) is 4.35. The molecule has 3 heterocycles. The Labute approximate surface area is 99.7 Å². The molecule has 0 bridgehead atoms. The van der Waals surface area contributed by atoms with Crippen LogP contribution in [0.5, 0.6) is 0 Å². The number of rotatable bonds is 1. The quantitative estimate of drug-likeness (QED) is 0.635. The van der Waals surface area contributed by atoms with Crippen molar-refractivity contribution < 1.29 is 4.42 Å². The van der Waals surface area contributed by atoms with E-state index in [0.717, 1.165) is 28.4 Å². The molecule has 0 spiro atoms. The molecule has 3 rings (SSSR count). The molecule has 0 saturated heterocycles. The van der Waals surface area contributed by atoms with Crippen LogP contribution >= 0.6 is 0 Å². The molecule has 0 radical (unpaired) electrons. The largest absolute Gasteiger partial charge is 0.466 e. The van der Waals surface area contributed by atoms with Crippen LogP contribution in [0.1, 0.15) is 17.2 Å². The van der Waals surface area contributed by atoms with Gasteiger partial charge < -0.3 is 8.82 Å². The van der Waals surface area contributed by atoms with Crippen LogP contribution in [-0.4, -0.2) is 9.38 Å². The minimum atomic E-state index is 0.920. The first-order chi connectivity index (χ1) is 8.15. The molecule has 0 fully saturated rings. The molecule has 0 atom stereocenters. The molecule has 86 valence electrons. The Balaban J connectivity index is 2.25. The fourth-order valence-electron chi connectivity index (χ4n) is 2.16. The van der Waals surface area contributed by atoms with Crippen LogP contribution < -0.4 is 0 Å². The minimum Gasteiger partial charge on any atom is -0.466 e. The summed E-state index contributed by atoms with van der Waals surface area (Å²) in [5, 5.41) is 0. The van der Waals surface area contributed by atoms with Crippen molar-refractivity contribution in [3.63, 3.8) is 0 Å². The molecule has 0 unspecified atom stereocenters. The van der Waals surface area contributed by atoms with Gasteiger partial charge in [0.1, 0.15) is 17.2 Å². The highest BCUT2D eigenvalue weighted by Gasteiger charge is 2.11. The second-order valence-electron chi connectivity index (χ2n) is 4.35. The smallest absolute Gasteiger partial charge is 0.137 e. The number of nitrogens with zero attached hydrogens (tertiary/aromatic N) is 2. The zero-order valence-corrected chi connectivity index (χ0v) is 10.2. The molecule has 3 aromatic rings. The monoisotopic (exact) mass is 226 g/mol. The SMILES string of the molecule is Cc1cc(-c2cn3c(C)cccc3n2)c(C)o1. The third-order valence-electron chi connectivity index (χ3n) is 3.01. The molecule has 0 aliphatic heterocycles. The van der Waals surface area contributed by atoms with Crippen LogP contribution in [-0.2, 0) is 0 Å². The van der Waals surface area contributed by atoms with Crippen LogP contribution in [0.25, 0.3) is 16.9 Å². The maximum atomic E-state index is 5.55. The number of aromatic nitrogens is 2. The van der Waals surface area contributed by atoms with Gasteiger partial charge in [-0.2, -0.15) is 0 Å². The summed E-state index contributed by atoms with van der Waals surface area (Å²) < 4.78 is 7.64. The molecule has 0 saturated carbocycles. The van der Waals surface area contributed by atoms with Crippen LogP contribution in [0.2, 0.25) is 0 Å². The van der Waals surface area contributed by atoms with Gasteiger partial charge in [-0.15, -0.1) is 0 Å². The summed E-state index contributed by atoms with van der Waals surface area (Å²) in [5.74, 6) is 1.84. The molecule has 3 aromatic heterocycles. The lowest BCUT2D eigenvalue weighted by Crippen LogP contribution is -1.86. The molecule has 0 aromatic carbocycles. The third-order valence-corrected chi connectivity index (χ3v) is 3.01. The second kappa shape index (κ2) is 3.48. The van der Waals surface area contributed by atoms with Crippen LogP contribution in [0.15, 0.2) is 34.9 Å². The molecule has 17 heavy (non-hydrogen) atoms. The minimum absolute atomic E-state index is 0.920. The summed E-state index contributed by atoms with van der Waals surface area (Å²) in [7, 11) is 0. The van der Waals surface area contributed by atoms with Gasteiger partial charge in [-0.3, -0.25) is 0 Å². The van der Waals surface area contributed by atoms with Crippen molar-refractivity contribution in [1.82, 2.24) is 9.38 Å². The van der Waals surface area contributed by atoms with Crippen molar-refractivity contribution in [1.29, 1.82) is 0 Å². The summed E-state index contributed by atoms with van der Waals surface area (Å²) in [6.45, 7) is 6.00. The van der Waals surface area contributed by atoms with Gasteiger partial charge in [0.15, 0.2) is 0 Å². The first kappa shape index (κ1) is 10.1. The first-order valence-electron chi connectivity index (χ1n) is 5.67. The van der Waals surface area contributed by atoms with Gasteiger partial charge in [0, 0.05) is 17.5 Å². The summed E-state index contributed by atoms with van der Waals surface area (Å²) in [6.07, 6.45) is 2.06. The number of hydrogen-bond acceptors (Lipinski definition) is 2. The van der Waals surface area contributed by atoms with Crippen molar-refractivity contribution in [2.24, 2.45) is 0 Å². The van der Waals surface area contributed by atoms with Crippen LogP contribution in [0.4, 0.5) is 0 Å². The summed E-state index contributed by atoms with van der Waals surface area (Å²) >= 11 is 0. The summed E-state index contributed by atoms with van der Waals surface area (Å²) in [6, 6.07) is 8.14. The average Bonchev–Trinajstić information content (AvgIpc) is 2.82. The molecular weight excluding hydrogens is 212 g/mol. The topological polar surface area (TPSA) is 30.4 Å². The predicted molar refractivity (Wildman–Crippen MR) is 67.1 cm³/mol. The normalized spacial score (nSPS) is 11.2. The molecule has 3 heteroatoms. The summed E-state index contributed by atoms with van der Waals surface area (Å²) in [4.78, 5) is 4.62. The lowest BCUT2D eigenvalue weighted by molar-refractivity contribution is 0.505. The molecule has 3 nitrogen and oxygen atoms in total. The van der Waals surface area contributed by atoms with E-state index in [1.54, 1.807) is 0 Å². The molecular formula is C14H14N2O. The highest BCUT2D eigenvalue weighted by atomic mass is 16.3. The van der Waals surface area contributed by atoms with Gasteiger partial charge >= 0.3 is 0 Å². The first-order valence-corrected chi connectivity index (χ1v) is 5.67. The molecule has 0 aliphatic carbocycles.